The lowest BCUT2D eigenvalue weighted by molar-refractivity contribution is -0.263. The minimum atomic E-state index is -1.06. The van der Waals surface area contributed by atoms with Crippen molar-refractivity contribution in [3.63, 3.8) is 0 Å². The fourth-order valence-corrected chi connectivity index (χ4v) is 9.37. The summed E-state index contributed by atoms with van der Waals surface area (Å²) < 4.78 is 0. The summed E-state index contributed by atoms with van der Waals surface area (Å²) in [7, 11) is 0. The maximum Gasteiger partial charge on any atom is 0.0763 e. The molecule has 4 aliphatic carbocycles. The van der Waals surface area contributed by atoms with Crippen LogP contribution in [0.3, 0.4) is 0 Å². The molecule has 0 aromatic carbocycles. The first-order valence-electron chi connectivity index (χ1n) is 13.3. The van der Waals surface area contributed by atoms with Crippen molar-refractivity contribution in [2.24, 2.45) is 46.3 Å². The molecule has 0 heterocycles. The number of aliphatic hydroxyl groups is 5. The second-order valence-corrected chi connectivity index (χ2v) is 13.2. The molecule has 0 amide bonds. The van der Waals surface area contributed by atoms with Gasteiger partial charge in [-0.3, -0.25) is 0 Å². The van der Waals surface area contributed by atoms with Gasteiger partial charge in [-0.15, -0.1) is 0 Å². The van der Waals surface area contributed by atoms with Gasteiger partial charge in [0.2, 0.25) is 0 Å². The second-order valence-electron chi connectivity index (χ2n) is 13.2. The fourth-order valence-electron chi connectivity index (χ4n) is 9.37. The summed E-state index contributed by atoms with van der Waals surface area (Å²) in [5.74, 6) is 0.780. The van der Waals surface area contributed by atoms with Crippen LogP contribution in [0.5, 0.6) is 0 Å². The van der Waals surface area contributed by atoms with Crippen molar-refractivity contribution in [2.45, 2.75) is 122 Å². The minimum Gasteiger partial charge on any atom is -0.393 e. The molecule has 4 saturated carbocycles. The zero-order valence-electron chi connectivity index (χ0n) is 20.9. The van der Waals surface area contributed by atoms with E-state index in [1.54, 1.807) is 0 Å². The molecule has 4 fully saturated rings. The van der Waals surface area contributed by atoms with Gasteiger partial charge in [0.25, 0.3) is 0 Å². The Bertz CT molecular complexity index is 683. The Labute approximate surface area is 194 Å². The van der Waals surface area contributed by atoms with Gasteiger partial charge in [-0.1, -0.05) is 34.6 Å². The Kier molecular flexibility index (Phi) is 6.60. The maximum atomic E-state index is 12.3. The Balaban J connectivity index is 1.59. The van der Waals surface area contributed by atoms with E-state index in [2.05, 4.69) is 34.6 Å². The van der Waals surface area contributed by atoms with E-state index in [0.717, 1.165) is 38.5 Å². The largest absolute Gasteiger partial charge is 0.393 e. The van der Waals surface area contributed by atoms with Crippen LogP contribution < -0.4 is 0 Å². The number of hydrogen-bond donors (Lipinski definition) is 5. The van der Waals surface area contributed by atoms with Crippen molar-refractivity contribution in [3.8, 4) is 0 Å². The smallest absolute Gasteiger partial charge is 0.0763 e. The number of rotatable bonds is 5. The normalized spacial score (nSPS) is 52.8. The third kappa shape index (κ3) is 3.69. The molecule has 0 aliphatic heterocycles. The highest BCUT2D eigenvalue weighted by molar-refractivity contribution is 5.20. The van der Waals surface area contributed by atoms with E-state index in [1.165, 1.54) is 0 Å². The molecule has 5 heteroatoms. The zero-order valence-corrected chi connectivity index (χ0v) is 20.9. The monoisotopic (exact) mass is 452 g/mol. The van der Waals surface area contributed by atoms with Crippen LogP contribution in [0, 0.1) is 46.3 Å². The Morgan fingerprint density at radius 1 is 0.875 bits per heavy atom. The van der Waals surface area contributed by atoms with Crippen LogP contribution in [-0.2, 0) is 0 Å². The van der Waals surface area contributed by atoms with Crippen molar-refractivity contribution in [2.75, 3.05) is 0 Å². The Hall–Kier alpha value is -0.200. The topological polar surface area (TPSA) is 101 Å². The molecular weight excluding hydrogens is 404 g/mol. The highest BCUT2D eigenvalue weighted by atomic mass is 16.3. The molecule has 4 rings (SSSR count). The van der Waals surface area contributed by atoms with E-state index < -0.39 is 17.8 Å². The molecule has 186 valence electrons. The predicted octanol–water partition coefficient (Wildman–Crippen LogP) is 3.50. The molecule has 0 bridgehead atoms. The molecular formula is C27H48O5. The van der Waals surface area contributed by atoms with Crippen molar-refractivity contribution < 1.29 is 25.5 Å². The number of fused-ring (bicyclic) bond motifs is 5. The molecule has 0 spiro atoms. The summed E-state index contributed by atoms with van der Waals surface area (Å²) in [6.07, 6.45) is 4.97. The van der Waals surface area contributed by atoms with E-state index in [0.29, 0.717) is 31.1 Å². The first kappa shape index (κ1) is 24.9. The summed E-state index contributed by atoms with van der Waals surface area (Å²) in [5, 5.41) is 55.4. The molecule has 5 N–H and O–H groups in total. The SMILES string of the molecule is CC(C)C(O)CC[C@@H](C)[C@H]1C[C@H](O)[C@@H]2[C@]1(C)CC[C@@H]1[C@@]3(C)CC[C@H](O)C[C@@H]3[C@@H](O)C[C@]12O. The highest BCUT2D eigenvalue weighted by Crippen LogP contribution is 2.69. The average Bonchev–Trinajstić information content (AvgIpc) is 2.98. The van der Waals surface area contributed by atoms with Crippen LogP contribution in [-0.4, -0.2) is 55.5 Å². The molecule has 0 saturated heterocycles. The van der Waals surface area contributed by atoms with Gasteiger partial charge in [0.15, 0.2) is 0 Å². The van der Waals surface area contributed by atoms with Gasteiger partial charge in [-0.2, -0.15) is 0 Å². The summed E-state index contributed by atoms with van der Waals surface area (Å²) >= 11 is 0. The lowest BCUT2D eigenvalue weighted by atomic mass is 9.42. The Morgan fingerprint density at radius 2 is 1.53 bits per heavy atom. The quantitative estimate of drug-likeness (QED) is 0.440. The zero-order chi connectivity index (χ0) is 23.6. The summed E-state index contributed by atoms with van der Waals surface area (Å²) in [6, 6.07) is 0. The molecule has 0 aromatic heterocycles. The lowest BCUT2D eigenvalue weighted by Crippen LogP contribution is -2.68. The fraction of sp³-hybridized carbons (Fsp3) is 1.00. The van der Waals surface area contributed by atoms with E-state index in [-0.39, 0.29) is 46.7 Å². The average molecular weight is 453 g/mol. The van der Waals surface area contributed by atoms with Crippen molar-refractivity contribution in [1.29, 1.82) is 0 Å². The predicted molar refractivity (Wildman–Crippen MR) is 125 cm³/mol. The molecule has 12 atom stereocenters. The van der Waals surface area contributed by atoms with Gasteiger partial charge in [0, 0.05) is 12.3 Å². The van der Waals surface area contributed by atoms with Gasteiger partial charge in [-0.25, -0.2) is 0 Å². The summed E-state index contributed by atoms with van der Waals surface area (Å²) in [4.78, 5) is 0. The van der Waals surface area contributed by atoms with Crippen LogP contribution in [0.4, 0.5) is 0 Å². The molecule has 0 radical (unpaired) electrons. The third-order valence-corrected chi connectivity index (χ3v) is 11.1. The summed E-state index contributed by atoms with van der Waals surface area (Å²) in [6.45, 7) is 10.8. The lowest BCUT2D eigenvalue weighted by Gasteiger charge is -2.66. The molecule has 4 aliphatic rings. The van der Waals surface area contributed by atoms with Gasteiger partial charge in [-0.05, 0) is 91.8 Å². The Morgan fingerprint density at radius 3 is 2.19 bits per heavy atom. The molecule has 5 nitrogen and oxygen atoms in total. The first-order valence-corrected chi connectivity index (χ1v) is 13.3. The van der Waals surface area contributed by atoms with Crippen LogP contribution in [0.2, 0.25) is 0 Å². The van der Waals surface area contributed by atoms with Crippen LogP contribution >= 0.6 is 0 Å². The second kappa shape index (κ2) is 8.48. The van der Waals surface area contributed by atoms with E-state index in [4.69, 9.17) is 0 Å². The summed E-state index contributed by atoms with van der Waals surface area (Å²) in [5.41, 5.74) is -1.42. The van der Waals surface area contributed by atoms with Crippen LogP contribution in [0.15, 0.2) is 0 Å². The van der Waals surface area contributed by atoms with Crippen LogP contribution in [0.25, 0.3) is 0 Å². The van der Waals surface area contributed by atoms with Gasteiger partial charge in [0.1, 0.15) is 0 Å². The van der Waals surface area contributed by atoms with Gasteiger partial charge in [0.05, 0.1) is 30.0 Å². The standard InChI is InChI=1S/C27H48O5/c1-15(2)20(29)7-6-16(3)18-13-21(30)24-26(18,5)11-9-23-25(4)10-8-17(28)12-19(25)22(31)14-27(23,24)32/h15-24,28-32H,6-14H2,1-5H3/t16-,17+,18-,19-,20?,21+,22+,23-,24-,25+,26-,27+/m1/s1. The van der Waals surface area contributed by atoms with Crippen LogP contribution in [0.1, 0.15) is 92.4 Å². The van der Waals surface area contributed by atoms with Gasteiger partial charge < -0.3 is 25.5 Å². The molecule has 32 heavy (non-hydrogen) atoms. The third-order valence-electron chi connectivity index (χ3n) is 11.1. The molecule has 1 unspecified atom stereocenters. The first-order chi connectivity index (χ1) is 14.8. The van der Waals surface area contributed by atoms with E-state index in [1.807, 2.05) is 0 Å². The van der Waals surface area contributed by atoms with Crippen molar-refractivity contribution >= 4 is 0 Å². The maximum absolute atomic E-state index is 12.3. The molecule has 0 aromatic rings. The van der Waals surface area contributed by atoms with E-state index >= 15 is 0 Å². The van der Waals surface area contributed by atoms with E-state index in [9.17, 15) is 25.5 Å². The number of aliphatic hydroxyl groups excluding tert-OH is 4. The number of hydrogen-bond acceptors (Lipinski definition) is 5. The van der Waals surface area contributed by atoms with Crippen molar-refractivity contribution in [3.05, 3.63) is 0 Å². The van der Waals surface area contributed by atoms with Gasteiger partial charge >= 0.3 is 0 Å². The highest BCUT2D eigenvalue weighted by Gasteiger charge is 2.70. The van der Waals surface area contributed by atoms with Crippen molar-refractivity contribution in [1.82, 2.24) is 0 Å². The minimum absolute atomic E-state index is 0.0201.